The minimum absolute atomic E-state index is 0.322. The molecule has 78 valence electrons. The third-order valence-electron chi connectivity index (χ3n) is 2.76. The van der Waals surface area contributed by atoms with E-state index in [4.69, 9.17) is 17.3 Å². The number of hydrogen-bond donors (Lipinski definition) is 1. The molecule has 0 saturated carbocycles. The molecule has 0 spiro atoms. The third kappa shape index (κ3) is 1.32. The summed E-state index contributed by atoms with van der Waals surface area (Å²) in [5.41, 5.74) is 7.32. The summed E-state index contributed by atoms with van der Waals surface area (Å²) in [7, 11) is 0. The van der Waals surface area contributed by atoms with E-state index in [2.05, 4.69) is 9.97 Å². The summed E-state index contributed by atoms with van der Waals surface area (Å²) in [5.74, 6) is 1.54. The van der Waals surface area contributed by atoms with Crippen LogP contribution < -0.4 is 5.73 Å². The highest BCUT2D eigenvalue weighted by atomic mass is 35.5. The van der Waals surface area contributed by atoms with E-state index in [1.165, 1.54) is 16.9 Å². The number of aromatic nitrogens is 2. The van der Waals surface area contributed by atoms with Crippen molar-refractivity contribution >= 4 is 39.0 Å². The lowest BCUT2D eigenvalue weighted by atomic mass is 10.2. The molecule has 3 rings (SSSR count). The highest BCUT2D eigenvalue weighted by molar-refractivity contribution is 7.19. The van der Waals surface area contributed by atoms with Gasteiger partial charge in [0.1, 0.15) is 16.5 Å². The Morgan fingerprint density at radius 3 is 3.00 bits per heavy atom. The van der Waals surface area contributed by atoms with Crippen molar-refractivity contribution in [3.05, 3.63) is 16.3 Å². The number of nitrogens with two attached hydrogens (primary N) is 1. The standard InChI is InChI=1S/C10H10ClN3S/c11-4-7-13-9(12)8-5-2-1-3-6(5)15-10(8)14-7/h1-4H2,(H2,12,13,14). The lowest BCUT2D eigenvalue weighted by Crippen LogP contribution is -1.98. The van der Waals surface area contributed by atoms with Crippen LogP contribution in [0, 0.1) is 0 Å². The zero-order chi connectivity index (χ0) is 10.4. The quantitative estimate of drug-likeness (QED) is 0.778. The smallest absolute Gasteiger partial charge is 0.147 e. The molecule has 0 saturated heterocycles. The molecule has 0 atom stereocenters. The molecule has 2 N–H and O–H groups in total. The monoisotopic (exact) mass is 239 g/mol. The Hall–Kier alpha value is -0.870. The fourth-order valence-electron chi connectivity index (χ4n) is 2.13. The van der Waals surface area contributed by atoms with Crippen molar-refractivity contribution < 1.29 is 0 Å². The highest BCUT2D eigenvalue weighted by Gasteiger charge is 2.20. The maximum absolute atomic E-state index is 5.95. The minimum atomic E-state index is 0.322. The number of rotatable bonds is 1. The van der Waals surface area contributed by atoms with Gasteiger partial charge in [-0.1, -0.05) is 0 Å². The molecule has 0 radical (unpaired) electrons. The Morgan fingerprint density at radius 2 is 2.20 bits per heavy atom. The topological polar surface area (TPSA) is 51.8 Å². The van der Waals surface area contributed by atoms with Gasteiger partial charge >= 0.3 is 0 Å². The Kier molecular flexibility index (Phi) is 2.07. The molecule has 2 heterocycles. The summed E-state index contributed by atoms with van der Waals surface area (Å²) >= 11 is 7.46. The van der Waals surface area contributed by atoms with Gasteiger partial charge in [0.2, 0.25) is 0 Å². The van der Waals surface area contributed by atoms with Crippen LogP contribution in [0.3, 0.4) is 0 Å². The number of thiophene rings is 1. The molecule has 0 aliphatic heterocycles. The van der Waals surface area contributed by atoms with E-state index in [1.54, 1.807) is 11.3 Å². The molecule has 0 amide bonds. The average molecular weight is 240 g/mol. The number of halogens is 1. The van der Waals surface area contributed by atoms with Crippen molar-refractivity contribution in [1.82, 2.24) is 9.97 Å². The van der Waals surface area contributed by atoms with Crippen molar-refractivity contribution in [2.24, 2.45) is 0 Å². The van der Waals surface area contributed by atoms with E-state index in [-0.39, 0.29) is 0 Å². The highest BCUT2D eigenvalue weighted by Crippen LogP contribution is 2.38. The van der Waals surface area contributed by atoms with Crippen LogP contribution in [0.2, 0.25) is 0 Å². The number of fused-ring (bicyclic) bond motifs is 3. The van der Waals surface area contributed by atoms with Crippen LogP contribution in [0.5, 0.6) is 0 Å². The third-order valence-corrected chi connectivity index (χ3v) is 4.18. The largest absolute Gasteiger partial charge is 0.383 e. The van der Waals surface area contributed by atoms with Gasteiger partial charge < -0.3 is 5.73 Å². The summed E-state index contributed by atoms with van der Waals surface area (Å²) in [6.45, 7) is 0. The molecular weight excluding hydrogens is 230 g/mol. The molecule has 0 fully saturated rings. The normalized spacial score (nSPS) is 14.7. The summed E-state index contributed by atoms with van der Waals surface area (Å²) in [4.78, 5) is 11.1. The van der Waals surface area contributed by atoms with Crippen LogP contribution in [-0.4, -0.2) is 9.97 Å². The Morgan fingerprint density at radius 1 is 1.33 bits per heavy atom. The summed E-state index contributed by atoms with van der Waals surface area (Å²) < 4.78 is 0. The van der Waals surface area contributed by atoms with Crippen LogP contribution in [0.1, 0.15) is 22.7 Å². The average Bonchev–Trinajstić information content (AvgIpc) is 2.75. The molecule has 2 aromatic rings. The number of alkyl halides is 1. The number of aryl methyl sites for hydroxylation is 2. The zero-order valence-electron chi connectivity index (χ0n) is 8.09. The van der Waals surface area contributed by atoms with E-state index < -0.39 is 0 Å². The summed E-state index contributed by atoms with van der Waals surface area (Å²) in [6.07, 6.45) is 3.50. The summed E-state index contributed by atoms with van der Waals surface area (Å²) in [6, 6.07) is 0. The van der Waals surface area contributed by atoms with Gasteiger partial charge in [0, 0.05) is 4.88 Å². The Bertz CT molecular complexity index is 535. The van der Waals surface area contributed by atoms with Gasteiger partial charge in [-0.25, -0.2) is 9.97 Å². The summed E-state index contributed by atoms with van der Waals surface area (Å²) in [5, 5.41) is 1.07. The first kappa shape index (κ1) is 9.36. The second kappa shape index (κ2) is 3.32. The molecule has 2 aromatic heterocycles. The fourth-order valence-corrected chi connectivity index (χ4v) is 3.54. The van der Waals surface area contributed by atoms with Gasteiger partial charge in [-0.15, -0.1) is 22.9 Å². The van der Waals surface area contributed by atoms with Crippen molar-refractivity contribution in [2.45, 2.75) is 25.1 Å². The van der Waals surface area contributed by atoms with Crippen molar-refractivity contribution in [2.75, 3.05) is 5.73 Å². The molecule has 0 unspecified atom stereocenters. The van der Waals surface area contributed by atoms with Crippen molar-refractivity contribution in [1.29, 1.82) is 0 Å². The minimum Gasteiger partial charge on any atom is -0.383 e. The Labute approximate surface area is 96.3 Å². The van der Waals surface area contributed by atoms with Crippen LogP contribution in [0.25, 0.3) is 10.2 Å². The van der Waals surface area contributed by atoms with Gasteiger partial charge in [0.25, 0.3) is 0 Å². The zero-order valence-corrected chi connectivity index (χ0v) is 9.66. The van der Waals surface area contributed by atoms with Crippen LogP contribution in [-0.2, 0) is 18.7 Å². The molecule has 1 aliphatic carbocycles. The van der Waals surface area contributed by atoms with Gasteiger partial charge in [-0.05, 0) is 24.8 Å². The van der Waals surface area contributed by atoms with E-state index in [9.17, 15) is 0 Å². The van der Waals surface area contributed by atoms with E-state index in [0.29, 0.717) is 17.5 Å². The predicted octanol–water partition coefficient (Wildman–Crippen LogP) is 2.50. The molecule has 0 bridgehead atoms. The van der Waals surface area contributed by atoms with Gasteiger partial charge in [0.15, 0.2) is 0 Å². The van der Waals surface area contributed by atoms with Gasteiger partial charge in [-0.3, -0.25) is 0 Å². The fraction of sp³-hybridized carbons (Fsp3) is 0.400. The van der Waals surface area contributed by atoms with Gasteiger partial charge in [-0.2, -0.15) is 0 Å². The second-order valence-electron chi connectivity index (χ2n) is 3.70. The van der Waals surface area contributed by atoms with E-state index >= 15 is 0 Å². The molecule has 1 aliphatic rings. The van der Waals surface area contributed by atoms with Crippen molar-refractivity contribution in [3.63, 3.8) is 0 Å². The second-order valence-corrected chi connectivity index (χ2v) is 5.05. The lowest BCUT2D eigenvalue weighted by Gasteiger charge is -2.00. The van der Waals surface area contributed by atoms with E-state index in [1.807, 2.05) is 0 Å². The molecule has 0 aromatic carbocycles. The predicted molar refractivity (Wildman–Crippen MR) is 63.4 cm³/mol. The molecule has 5 heteroatoms. The Balaban J connectivity index is 2.34. The number of anilines is 1. The first-order chi connectivity index (χ1) is 7.29. The maximum atomic E-state index is 5.95. The van der Waals surface area contributed by atoms with Crippen LogP contribution in [0.15, 0.2) is 0 Å². The lowest BCUT2D eigenvalue weighted by molar-refractivity contribution is 0.917. The number of nitrogen functional groups attached to an aromatic ring is 1. The molecular formula is C10H10ClN3S. The molecule has 3 nitrogen and oxygen atoms in total. The van der Waals surface area contributed by atoms with Gasteiger partial charge in [0.05, 0.1) is 11.3 Å². The van der Waals surface area contributed by atoms with E-state index in [0.717, 1.165) is 23.1 Å². The number of hydrogen-bond acceptors (Lipinski definition) is 4. The maximum Gasteiger partial charge on any atom is 0.147 e. The van der Waals surface area contributed by atoms with Crippen molar-refractivity contribution in [3.8, 4) is 0 Å². The SMILES string of the molecule is Nc1nc(CCl)nc2sc3c(c12)CCC3. The first-order valence-corrected chi connectivity index (χ1v) is 6.27. The number of nitrogens with zero attached hydrogens (tertiary/aromatic N) is 2. The van der Waals surface area contributed by atoms with Crippen LogP contribution in [0.4, 0.5) is 5.82 Å². The first-order valence-electron chi connectivity index (χ1n) is 4.92. The van der Waals surface area contributed by atoms with Crippen LogP contribution >= 0.6 is 22.9 Å². The molecule has 15 heavy (non-hydrogen) atoms.